The fourth-order valence-corrected chi connectivity index (χ4v) is 3.98. The molecule has 0 aliphatic rings. The van der Waals surface area contributed by atoms with Crippen LogP contribution in [-0.4, -0.2) is 9.04 Å². The first kappa shape index (κ1) is 15.2. The molecule has 0 aliphatic carbocycles. The lowest BCUT2D eigenvalue weighted by molar-refractivity contribution is 0.310. The quantitative estimate of drug-likeness (QED) is 0.538. The van der Waals surface area contributed by atoms with Crippen molar-refractivity contribution in [2.45, 2.75) is 44.3 Å². The minimum atomic E-state index is -0.722. The topological polar surface area (TPSA) is 9.23 Å². The third kappa shape index (κ3) is 4.40. The van der Waals surface area contributed by atoms with E-state index in [1.54, 1.807) is 0 Å². The van der Waals surface area contributed by atoms with Crippen LogP contribution in [0.1, 0.15) is 36.9 Å². The van der Waals surface area contributed by atoms with Crippen molar-refractivity contribution >= 4 is 36.6 Å². The molecule has 0 bridgehead atoms. The van der Waals surface area contributed by atoms with Crippen molar-refractivity contribution in [3.05, 3.63) is 34.3 Å². The molecule has 0 heterocycles. The van der Waals surface area contributed by atoms with Crippen LogP contribution in [0.3, 0.4) is 0 Å². The fraction of sp³-hybridized carbons (Fsp3) is 0.538. The molecule has 95 valence electrons. The molecule has 0 saturated heterocycles. The molecule has 1 radical (unpaired) electrons. The number of halogens is 2. The van der Waals surface area contributed by atoms with Crippen LogP contribution in [-0.2, 0) is 9.84 Å². The molecule has 1 atom stereocenters. The Balaban J connectivity index is 2.97. The summed E-state index contributed by atoms with van der Waals surface area (Å²) in [7, 11) is -0.722. The first-order valence-corrected chi connectivity index (χ1v) is 9.33. The summed E-state index contributed by atoms with van der Waals surface area (Å²) in [5, 5.41) is 0.752. The molecule has 0 aromatic heterocycles. The maximum atomic E-state index is 6.33. The van der Waals surface area contributed by atoms with E-state index in [0.29, 0.717) is 0 Å². The van der Waals surface area contributed by atoms with Crippen molar-refractivity contribution in [1.82, 2.24) is 0 Å². The van der Waals surface area contributed by atoms with E-state index in [0.717, 1.165) is 10.6 Å². The summed E-state index contributed by atoms with van der Waals surface area (Å²) < 4.78 is 5.78. The maximum Gasteiger partial charge on any atom is 0.207 e. The number of alkyl halides is 1. The number of rotatable bonds is 3. The summed E-state index contributed by atoms with van der Waals surface area (Å²) in [6, 6.07) is 6.16. The van der Waals surface area contributed by atoms with Gasteiger partial charge in [-0.05, 0) is 35.7 Å². The highest BCUT2D eigenvalue weighted by atomic mass is 79.9. The summed E-state index contributed by atoms with van der Waals surface area (Å²) in [5.41, 5.74) is 2.32. The Kier molecular flexibility index (Phi) is 5.26. The first-order valence-electron chi connectivity index (χ1n) is 5.62. The van der Waals surface area contributed by atoms with Gasteiger partial charge in [-0.3, -0.25) is 0 Å². The Morgan fingerprint density at radius 3 is 2.29 bits per heavy atom. The van der Waals surface area contributed by atoms with E-state index in [1.807, 2.05) is 6.07 Å². The lowest BCUT2D eigenvalue weighted by Gasteiger charge is -2.22. The summed E-state index contributed by atoms with van der Waals surface area (Å²) in [6.07, 6.45) is 0. The van der Waals surface area contributed by atoms with Crippen molar-refractivity contribution < 1.29 is 4.43 Å². The van der Waals surface area contributed by atoms with Crippen LogP contribution in [0.15, 0.2) is 18.2 Å². The summed E-state index contributed by atoms with van der Waals surface area (Å²) in [6.45, 7) is 10.7. The molecule has 1 aromatic rings. The van der Waals surface area contributed by atoms with Crippen LogP contribution in [0.5, 0.6) is 0 Å². The van der Waals surface area contributed by atoms with E-state index in [-0.39, 0.29) is 10.4 Å². The van der Waals surface area contributed by atoms with Crippen LogP contribution in [0, 0.1) is 0 Å². The maximum absolute atomic E-state index is 6.33. The second kappa shape index (κ2) is 5.87. The van der Waals surface area contributed by atoms with Gasteiger partial charge in [0.05, 0.1) is 0 Å². The van der Waals surface area contributed by atoms with E-state index < -0.39 is 9.04 Å². The minimum Gasteiger partial charge on any atom is -0.401 e. The van der Waals surface area contributed by atoms with Gasteiger partial charge < -0.3 is 4.43 Å². The normalized spacial score (nSPS) is 14.1. The summed E-state index contributed by atoms with van der Waals surface area (Å²) in [4.78, 5) is 0. The van der Waals surface area contributed by atoms with Gasteiger partial charge in [-0.2, -0.15) is 0 Å². The molecule has 1 unspecified atom stereocenters. The largest absolute Gasteiger partial charge is 0.401 e. The van der Waals surface area contributed by atoms with Crippen LogP contribution in [0.4, 0.5) is 0 Å². The summed E-state index contributed by atoms with van der Waals surface area (Å²) in [5.74, 6) is 0. The Morgan fingerprint density at radius 2 is 1.88 bits per heavy atom. The predicted octanol–water partition coefficient (Wildman–Crippen LogP) is 5.30. The van der Waals surface area contributed by atoms with Crippen molar-refractivity contribution in [3.8, 4) is 0 Å². The molecule has 0 fully saturated rings. The average Bonchev–Trinajstić information content (AvgIpc) is 2.14. The van der Waals surface area contributed by atoms with Gasteiger partial charge >= 0.3 is 0 Å². The van der Waals surface area contributed by atoms with Gasteiger partial charge in [-0.25, -0.2) is 0 Å². The summed E-state index contributed by atoms with van der Waals surface area (Å²) >= 11 is 9.87. The van der Waals surface area contributed by atoms with Crippen LogP contribution < -0.4 is 0 Å². The molecule has 4 heteroatoms. The fourth-order valence-electron chi connectivity index (χ4n) is 1.56. The molecular weight excluding hydrogens is 316 g/mol. The third-order valence-corrected chi connectivity index (χ3v) is 4.48. The first-order chi connectivity index (χ1) is 7.71. The second-order valence-corrected chi connectivity index (χ2v) is 8.62. The highest BCUT2D eigenvalue weighted by Gasteiger charge is 2.19. The van der Waals surface area contributed by atoms with Gasteiger partial charge in [-0.1, -0.05) is 60.4 Å². The van der Waals surface area contributed by atoms with Crippen molar-refractivity contribution in [1.29, 1.82) is 0 Å². The Labute approximate surface area is 119 Å². The minimum absolute atomic E-state index is 0.0575. The molecule has 0 spiro atoms. The zero-order valence-electron chi connectivity index (χ0n) is 11.0. The molecule has 1 nitrogen and oxygen atoms in total. The zero-order chi connectivity index (χ0) is 13.2. The van der Waals surface area contributed by atoms with Crippen LogP contribution in [0.2, 0.25) is 18.1 Å². The monoisotopic (exact) mass is 333 g/mol. The van der Waals surface area contributed by atoms with Gasteiger partial charge in [0.2, 0.25) is 9.04 Å². The van der Waals surface area contributed by atoms with Gasteiger partial charge in [0.1, 0.15) is 5.01 Å². The smallest absolute Gasteiger partial charge is 0.207 e. The average molecular weight is 335 g/mol. The number of hydrogen-bond donors (Lipinski definition) is 0. The molecule has 0 amide bonds. The Hall–Kier alpha value is 0.167. The zero-order valence-corrected chi connectivity index (χ0v) is 14.3. The second-order valence-electron chi connectivity index (χ2n) is 5.33. The molecule has 1 aromatic carbocycles. The molecular formula is C13H19BrClOSi. The number of benzene rings is 1. The van der Waals surface area contributed by atoms with Gasteiger partial charge in [0.25, 0.3) is 0 Å². The molecule has 0 aliphatic heterocycles. The third-order valence-electron chi connectivity index (χ3n) is 2.40. The highest BCUT2D eigenvalue weighted by Crippen LogP contribution is 2.33. The Bertz CT molecular complexity index is 387. The molecule has 1 rings (SSSR count). The molecule has 0 saturated carbocycles. The van der Waals surface area contributed by atoms with Crippen molar-refractivity contribution in [2.24, 2.45) is 0 Å². The van der Waals surface area contributed by atoms with E-state index >= 15 is 0 Å². The van der Waals surface area contributed by atoms with Crippen LogP contribution in [0.25, 0.3) is 0 Å². The highest BCUT2D eigenvalue weighted by molar-refractivity contribution is 9.09. The van der Waals surface area contributed by atoms with Crippen molar-refractivity contribution in [3.63, 3.8) is 0 Å². The van der Waals surface area contributed by atoms with Crippen LogP contribution >= 0.6 is 27.5 Å². The SMILES string of the molecule is C[Si](C)OC(Br)c1ccc(C(C)(C)C)c(Cl)c1. The standard InChI is InChI=1S/C13H19BrClOSi/c1-13(2,3)10-7-6-9(8-11(10)15)12(14)16-17(4)5/h6-8,12H,1-5H3. The predicted molar refractivity (Wildman–Crippen MR) is 80.4 cm³/mol. The lowest BCUT2D eigenvalue weighted by atomic mass is 9.86. The Morgan fingerprint density at radius 1 is 1.29 bits per heavy atom. The number of hydrogen-bond acceptors (Lipinski definition) is 1. The van der Waals surface area contributed by atoms with E-state index in [9.17, 15) is 0 Å². The van der Waals surface area contributed by atoms with Gasteiger partial charge in [0.15, 0.2) is 0 Å². The van der Waals surface area contributed by atoms with Gasteiger partial charge in [0, 0.05) is 5.02 Å². The van der Waals surface area contributed by atoms with E-state index in [2.05, 4.69) is 61.9 Å². The van der Waals surface area contributed by atoms with E-state index in [4.69, 9.17) is 16.0 Å². The lowest BCUT2D eigenvalue weighted by Crippen LogP contribution is -2.13. The van der Waals surface area contributed by atoms with E-state index in [1.165, 1.54) is 5.56 Å². The van der Waals surface area contributed by atoms with Gasteiger partial charge in [-0.15, -0.1) is 0 Å². The molecule has 0 N–H and O–H groups in total. The van der Waals surface area contributed by atoms with Crippen molar-refractivity contribution in [2.75, 3.05) is 0 Å². The molecule has 17 heavy (non-hydrogen) atoms.